The minimum Gasteiger partial charge on any atom is -0.399 e. The Morgan fingerprint density at radius 3 is 2.50 bits per heavy atom. The van der Waals surface area contributed by atoms with Crippen LogP contribution in [0.1, 0.15) is 24.6 Å². The van der Waals surface area contributed by atoms with Crippen LogP contribution in [0, 0.1) is 5.82 Å². The summed E-state index contributed by atoms with van der Waals surface area (Å²) in [5.41, 5.74) is 9.90. The summed E-state index contributed by atoms with van der Waals surface area (Å²) in [5, 5.41) is 3.40. The van der Waals surface area contributed by atoms with Crippen molar-refractivity contribution in [3.63, 3.8) is 0 Å². The number of piperidine rings is 1. The number of nitrogens with zero attached hydrogens (tertiary/aromatic N) is 3. The first kappa shape index (κ1) is 20.2. The van der Waals surface area contributed by atoms with E-state index in [4.69, 9.17) is 15.7 Å². The molecule has 4 N–H and O–H groups in total. The molecule has 1 aliphatic heterocycles. The third-order valence-electron chi connectivity index (χ3n) is 5.75. The van der Waals surface area contributed by atoms with Gasteiger partial charge in [-0.15, -0.1) is 0 Å². The molecule has 0 atom stereocenters. The molecular formula is C25H25FN6. The number of imidazole rings is 1. The normalized spacial score (nSPS) is 15.2. The van der Waals surface area contributed by atoms with Crippen molar-refractivity contribution < 1.29 is 4.39 Å². The van der Waals surface area contributed by atoms with E-state index in [-0.39, 0.29) is 5.82 Å². The molecule has 32 heavy (non-hydrogen) atoms. The highest BCUT2D eigenvalue weighted by Crippen LogP contribution is 2.30. The van der Waals surface area contributed by atoms with Crippen LogP contribution in [0.2, 0.25) is 0 Å². The monoisotopic (exact) mass is 428 g/mol. The molecule has 1 aliphatic rings. The van der Waals surface area contributed by atoms with Gasteiger partial charge < -0.3 is 16.0 Å². The largest absolute Gasteiger partial charge is 0.399 e. The molecule has 6 nitrogen and oxygen atoms in total. The number of nitrogens with two attached hydrogens (primary N) is 1. The van der Waals surface area contributed by atoms with E-state index >= 15 is 0 Å². The Morgan fingerprint density at radius 1 is 1.00 bits per heavy atom. The zero-order chi connectivity index (χ0) is 21.9. The van der Waals surface area contributed by atoms with E-state index in [0.29, 0.717) is 17.1 Å². The van der Waals surface area contributed by atoms with Crippen molar-refractivity contribution in [2.45, 2.75) is 18.8 Å². The molecule has 5 rings (SSSR count). The van der Waals surface area contributed by atoms with E-state index in [1.54, 1.807) is 12.1 Å². The number of hydrogen-bond acceptors (Lipinski definition) is 4. The molecule has 0 amide bonds. The van der Waals surface area contributed by atoms with Crippen LogP contribution in [0.25, 0.3) is 17.1 Å². The maximum absolute atomic E-state index is 13.6. The van der Waals surface area contributed by atoms with Crippen molar-refractivity contribution in [3.05, 3.63) is 90.1 Å². The van der Waals surface area contributed by atoms with Crippen molar-refractivity contribution >= 4 is 11.4 Å². The molecule has 2 aromatic carbocycles. The van der Waals surface area contributed by atoms with Gasteiger partial charge in [-0.25, -0.2) is 14.4 Å². The molecule has 0 bridgehead atoms. The number of rotatable bonds is 4. The summed E-state index contributed by atoms with van der Waals surface area (Å²) in [5.74, 6) is 1.73. The Labute approximate surface area is 185 Å². The fourth-order valence-electron chi connectivity index (χ4n) is 4.07. The number of para-hydroxylation sites is 1. The van der Waals surface area contributed by atoms with Crippen LogP contribution in [-0.4, -0.2) is 27.6 Å². The average Bonchev–Trinajstić information content (AvgIpc) is 3.26. The van der Waals surface area contributed by atoms with Crippen molar-refractivity contribution in [1.82, 2.24) is 19.9 Å². The van der Waals surface area contributed by atoms with Gasteiger partial charge in [-0.1, -0.05) is 18.2 Å². The summed E-state index contributed by atoms with van der Waals surface area (Å²) in [7, 11) is 0. The lowest BCUT2D eigenvalue weighted by molar-refractivity contribution is 0.447. The first-order chi connectivity index (χ1) is 15.7. The zero-order valence-corrected chi connectivity index (χ0v) is 17.6. The summed E-state index contributed by atoms with van der Waals surface area (Å²) in [6, 6.07) is 19.9. The maximum atomic E-state index is 13.6. The minimum atomic E-state index is -0.270. The standard InChI is InChI=1S/C25H25FN6/c26-19-8-6-17(7-9-19)23-25(31-24(30-23)18-10-13-28-14-11-18)32-15-12-20(27)16-22(32)29-21-4-2-1-3-5-21/h1-9,12,15-16,18,28H,10-11,13-14,27H2,(H,30,31). The number of nitrogens with one attached hydrogen (secondary N) is 2. The third-order valence-corrected chi connectivity index (χ3v) is 5.75. The number of benzene rings is 2. The van der Waals surface area contributed by atoms with Crippen LogP contribution in [0.3, 0.4) is 0 Å². The first-order valence-electron chi connectivity index (χ1n) is 10.8. The SMILES string of the molecule is Nc1ccn(-c2nc(C3CCNCC3)[nH]c2-c2ccc(F)cc2)c(=Nc2ccccc2)c1. The second-order valence-corrected chi connectivity index (χ2v) is 7.99. The van der Waals surface area contributed by atoms with Crippen molar-refractivity contribution in [1.29, 1.82) is 0 Å². The molecule has 162 valence electrons. The van der Waals surface area contributed by atoms with Gasteiger partial charge in [0.05, 0.1) is 11.4 Å². The lowest BCUT2D eigenvalue weighted by Gasteiger charge is -2.20. The van der Waals surface area contributed by atoms with Crippen LogP contribution >= 0.6 is 0 Å². The zero-order valence-electron chi connectivity index (χ0n) is 17.6. The Morgan fingerprint density at radius 2 is 1.75 bits per heavy atom. The van der Waals surface area contributed by atoms with E-state index < -0.39 is 0 Å². The molecule has 2 aromatic heterocycles. The Bertz CT molecular complexity index is 1270. The van der Waals surface area contributed by atoms with Gasteiger partial charge in [-0.2, -0.15) is 0 Å². The first-order valence-corrected chi connectivity index (χ1v) is 10.8. The predicted molar refractivity (Wildman–Crippen MR) is 124 cm³/mol. The molecule has 3 heterocycles. The van der Waals surface area contributed by atoms with Gasteiger partial charge in [0.15, 0.2) is 5.82 Å². The highest BCUT2D eigenvalue weighted by molar-refractivity contribution is 5.67. The number of nitrogen functional groups attached to an aromatic ring is 1. The van der Waals surface area contributed by atoms with E-state index in [9.17, 15) is 4.39 Å². The lowest BCUT2D eigenvalue weighted by atomic mass is 9.98. The summed E-state index contributed by atoms with van der Waals surface area (Å²) in [4.78, 5) is 13.4. The van der Waals surface area contributed by atoms with Gasteiger partial charge in [-0.3, -0.25) is 4.57 Å². The number of aromatic amines is 1. The fourth-order valence-corrected chi connectivity index (χ4v) is 4.07. The average molecular weight is 429 g/mol. The second kappa shape index (κ2) is 8.80. The number of pyridine rings is 1. The summed E-state index contributed by atoms with van der Waals surface area (Å²) in [6.07, 6.45) is 3.92. The van der Waals surface area contributed by atoms with Gasteiger partial charge in [0.1, 0.15) is 17.1 Å². The number of aromatic nitrogens is 3. The van der Waals surface area contributed by atoms with Gasteiger partial charge in [0.25, 0.3) is 0 Å². The van der Waals surface area contributed by atoms with Crippen LogP contribution in [0.4, 0.5) is 15.8 Å². The van der Waals surface area contributed by atoms with Crippen LogP contribution in [0.5, 0.6) is 0 Å². The molecule has 0 unspecified atom stereocenters. The van der Waals surface area contributed by atoms with Gasteiger partial charge >= 0.3 is 0 Å². The molecule has 1 saturated heterocycles. The molecule has 1 fully saturated rings. The van der Waals surface area contributed by atoms with Crippen molar-refractivity contribution in [2.24, 2.45) is 4.99 Å². The van der Waals surface area contributed by atoms with Gasteiger partial charge in [-0.05, 0) is 68.4 Å². The molecule has 7 heteroatoms. The molecular weight excluding hydrogens is 403 g/mol. The van der Waals surface area contributed by atoms with E-state index in [1.165, 1.54) is 12.1 Å². The molecule has 4 aromatic rings. The Hall–Kier alpha value is -3.71. The molecule has 0 spiro atoms. The van der Waals surface area contributed by atoms with Crippen molar-refractivity contribution in [2.75, 3.05) is 18.8 Å². The highest BCUT2D eigenvalue weighted by atomic mass is 19.1. The summed E-state index contributed by atoms with van der Waals surface area (Å²) < 4.78 is 15.5. The number of H-pyrrole nitrogens is 1. The van der Waals surface area contributed by atoms with Crippen LogP contribution < -0.4 is 16.5 Å². The predicted octanol–water partition coefficient (Wildman–Crippen LogP) is 4.29. The quantitative estimate of drug-likeness (QED) is 0.453. The van der Waals surface area contributed by atoms with Gasteiger partial charge in [0.2, 0.25) is 0 Å². The van der Waals surface area contributed by atoms with Crippen LogP contribution in [-0.2, 0) is 0 Å². The lowest BCUT2D eigenvalue weighted by Crippen LogP contribution is -2.27. The topological polar surface area (TPSA) is 84.0 Å². The molecule has 0 aliphatic carbocycles. The maximum Gasteiger partial charge on any atom is 0.164 e. The van der Waals surface area contributed by atoms with E-state index in [0.717, 1.165) is 54.5 Å². The van der Waals surface area contributed by atoms with Gasteiger partial charge in [0, 0.05) is 29.4 Å². The van der Waals surface area contributed by atoms with E-state index in [2.05, 4.69) is 10.3 Å². The molecule has 0 saturated carbocycles. The number of anilines is 1. The smallest absolute Gasteiger partial charge is 0.164 e. The summed E-state index contributed by atoms with van der Waals surface area (Å²) in [6.45, 7) is 1.94. The molecule has 0 radical (unpaired) electrons. The highest BCUT2D eigenvalue weighted by Gasteiger charge is 2.22. The number of hydrogen-bond donors (Lipinski definition) is 3. The number of halogens is 1. The fraction of sp³-hybridized carbons (Fsp3) is 0.200. The van der Waals surface area contributed by atoms with Crippen LogP contribution in [0.15, 0.2) is 77.9 Å². The van der Waals surface area contributed by atoms with E-state index in [1.807, 2.05) is 53.2 Å². The Kier molecular flexibility index (Phi) is 5.56. The third kappa shape index (κ3) is 4.20. The van der Waals surface area contributed by atoms with Crippen molar-refractivity contribution in [3.8, 4) is 17.1 Å². The Balaban J connectivity index is 1.70. The summed E-state index contributed by atoms with van der Waals surface area (Å²) >= 11 is 0. The minimum absolute atomic E-state index is 0.270. The second-order valence-electron chi connectivity index (χ2n) is 7.99.